The lowest BCUT2D eigenvalue weighted by molar-refractivity contribution is -0.137. The van der Waals surface area contributed by atoms with Crippen molar-refractivity contribution in [2.24, 2.45) is 5.92 Å². The third-order valence-electron chi connectivity index (χ3n) is 4.20. The molecule has 1 fully saturated rings. The molecule has 5 nitrogen and oxygen atoms in total. The fourth-order valence-electron chi connectivity index (χ4n) is 3.06. The number of aromatic nitrogens is 2. The van der Waals surface area contributed by atoms with Gasteiger partial charge in [-0.25, -0.2) is 4.98 Å². The normalized spacial score (nSPS) is 16.0. The van der Waals surface area contributed by atoms with Crippen LogP contribution in [0.1, 0.15) is 52.4 Å². The molecule has 122 valence electrons. The first kappa shape index (κ1) is 16.7. The summed E-state index contributed by atoms with van der Waals surface area (Å²) in [6.45, 7) is 5.87. The van der Waals surface area contributed by atoms with Crippen molar-refractivity contribution in [3.8, 4) is 5.88 Å². The summed E-state index contributed by atoms with van der Waals surface area (Å²) in [4.78, 5) is 22.8. The predicted octanol–water partition coefficient (Wildman–Crippen LogP) is 3.06. The van der Waals surface area contributed by atoms with E-state index in [1.807, 2.05) is 4.90 Å². The molecule has 0 saturated carbocycles. The summed E-state index contributed by atoms with van der Waals surface area (Å²) >= 11 is 0. The van der Waals surface area contributed by atoms with Crippen LogP contribution in [0.2, 0.25) is 0 Å². The fraction of sp³-hybridized carbons (Fsp3) is 0.706. The standard InChI is InChI=1S/C17H27N3O2/c1-3-5-14(6-4-2)17(21)20-11-7-15(8-12-20)22-16-13-18-9-10-19-16/h9-10,13-15H,3-8,11-12H2,1-2H3. The van der Waals surface area contributed by atoms with Gasteiger partial charge in [-0.1, -0.05) is 26.7 Å². The van der Waals surface area contributed by atoms with E-state index >= 15 is 0 Å². The number of ether oxygens (including phenoxy) is 1. The van der Waals surface area contributed by atoms with Crippen molar-refractivity contribution >= 4 is 5.91 Å². The summed E-state index contributed by atoms with van der Waals surface area (Å²) < 4.78 is 5.83. The Morgan fingerprint density at radius 2 is 1.95 bits per heavy atom. The number of carbonyl (C=O) groups excluding carboxylic acids is 1. The highest BCUT2D eigenvalue weighted by molar-refractivity contribution is 5.78. The lowest BCUT2D eigenvalue weighted by Crippen LogP contribution is -2.44. The van der Waals surface area contributed by atoms with Crippen molar-refractivity contribution < 1.29 is 9.53 Å². The first-order valence-corrected chi connectivity index (χ1v) is 8.46. The molecule has 1 aliphatic rings. The molecule has 0 atom stereocenters. The van der Waals surface area contributed by atoms with E-state index in [0.29, 0.717) is 11.8 Å². The number of hydrogen-bond acceptors (Lipinski definition) is 4. The minimum Gasteiger partial charge on any atom is -0.473 e. The third kappa shape index (κ3) is 4.68. The van der Waals surface area contributed by atoms with Gasteiger partial charge in [-0.05, 0) is 12.8 Å². The lowest BCUT2D eigenvalue weighted by atomic mass is 9.95. The van der Waals surface area contributed by atoms with Gasteiger partial charge < -0.3 is 9.64 Å². The molecule has 22 heavy (non-hydrogen) atoms. The van der Waals surface area contributed by atoms with Crippen molar-refractivity contribution in [2.45, 2.75) is 58.5 Å². The Bertz CT molecular complexity index is 438. The summed E-state index contributed by atoms with van der Waals surface area (Å²) in [5, 5.41) is 0. The smallest absolute Gasteiger partial charge is 0.232 e. The van der Waals surface area contributed by atoms with Gasteiger partial charge in [0.05, 0.1) is 6.20 Å². The van der Waals surface area contributed by atoms with E-state index in [0.717, 1.165) is 51.6 Å². The van der Waals surface area contributed by atoms with Gasteiger partial charge in [0.15, 0.2) is 0 Å². The molecule has 1 amide bonds. The van der Waals surface area contributed by atoms with Crippen LogP contribution in [0.5, 0.6) is 5.88 Å². The number of likely N-dealkylation sites (tertiary alicyclic amines) is 1. The van der Waals surface area contributed by atoms with E-state index in [4.69, 9.17) is 4.74 Å². The highest BCUT2D eigenvalue weighted by atomic mass is 16.5. The van der Waals surface area contributed by atoms with Crippen LogP contribution < -0.4 is 4.74 Å². The largest absolute Gasteiger partial charge is 0.473 e. The molecule has 0 N–H and O–H groups in total. The second kappa shape index (κ2) is 8.71. The Morgan fingerprint density at radius 1 is 1.27 bits per heavy atom. The average molecular weight is 305 g/mol. The molecule has 5 heteroatoms. The molecule has 0 bridgehead atoms. The van der Waals surface area contributed by atoms with Crippen LogP contribution in [0, 0.1) is 5.92 Å². The van der Waals surface area contributed by atoms with Gasteiger partial charge in [-0.2, -0.15) is 0 Å². The van der Waals surface area contributed by atoms with Crippen molar-refractivity contribution in [2.75, 3.05) is 13.1 Å². The summed E-state index contributed by atoms with van der Waals surface area (Å²) in [6, 6.07) is 0. The van der Waals surface area contributed by atoms with Crippen molar-refractivity contribution in [1.29, 1.82) is 0 Å². The average Bonchev–Trinajstić information content (AvgIpc) is 2.56. The Kier molecular flexibility index (Phi) is 6.62. The first-order chi connectivity index (χ1) is 10.7. The van der Waals surface area contributed by atoms with E-state index in [2.05, 4.69) is 23.8 Å². The van der Waals surface area contributed by atoms with E-state index < -0.39 is 0 Å². The maximum atomic E-state index is 12.6. The van der Waals surface area contributed by atoms with E-state index in [1.165, 1.54) is 0 Å². The third-order valence-corrected chi connectivity index (χ3v) is 4.20. The molecular weight excluding hydrogens is 278 g/mol. The van der Waals surface area contributed by atoms with Crippen LogP contribution >= 0.6 is 0 Å². The van der Waals surface area contributed by atoms with Crippen LogP contribution in [0.3, 0.4) is 0 Å². The quantitative estimate of drug-likeness (QED) is 0.777. The summed E-state index contributed by atoms with van der Waals surface area (Å²) in [5.74, 6) is 1.11. The Morgan fingerprint density at radius 3 is 2.50 bits per heavy atom. The van der Waals surface area contributed by atoms with Crippen LogP contribution in [-0.4, -0.2) is 40.0 Å². The van der Waals surface area contributed by atoms with Gasteiger partial charge >= 0.3 is 0 Å². The summed E-state index contributed by atoms with van der Waals surface area (Å²) in [5.41, 5.74) is 0. The first-order valence-electron chi connectivity index (χ1n) is 8.46. The molecule has 0 radical (unpaired) electrons. The maximum Gasteiger partial charge on any atom is 0.232 e. The summed E-state index contributed by atoms with van der Waals surface area (Å²) in [7, 11) is 0. The molecule has 0 aliphatic carbocycles. The SMILES string of the molecule is CCCC(CCC)C(=O)N1CCC(Oc2cnccn2)CC1. The Balaban J connectivity index is 1.82. The van der Waals surface area contributed by atoms with Crippen LogP contribution in [-0.2, 0) is 4.79 Å². The minimum atomic E-state index is 0.136. The van der Waals surface area contributed by atoms with Crippen LogP contribution in [0.25, 0.3) is 0 Å². The molecule has 1 saturated heterocycles. The monoisotopic (exact) mass is 305 g/mol. The number of hydrogen-bond donors (Lipinski definition) is 0. The molecule has 0 spiro atoms. The molecule has 0 unspecified atom stereocenters. The molecule has 2 heterocycles. The van der Waals surface area contributed by atoms with Crippen molar-refractivity contribution in [1.82, 2.24) is 14.9 Å². The number of carbonyl (C=O) groups is 1. The van der Waals surface area contributed by atoms with Gasteiger partial charge in [-0.15, -0.1) is 0 Å². The van der Waals surface area contributed by atoms with Gasteiger partial charge in [-0.3, -0.25) is 9.78 Å². The number of amides is 1. The van der Waals surface area contributed by atoms with Gasteiger partial charge in [0.1, 0.15) is 6.10 Å². The van der Waals surface area contributed by atoms with Crippen molar-refractivity contribution in [3.05, 3.63) is 18.6 Å². The Hall–Kier alpha value is -1.65. The number of nitrogens with zero attached hydrogens (tertiary/aromatic N) is 3. The molecule has 0 aromatic carbocycles. The minimum absolute atomic E-state index is 0.136. The zero-order valence-corrected chi connectivity index (χ0v) is 13.7. The molecule has 1 aliphatic heterocycles. The second-order valence-electron chi connectivity index (χ2n) is 5.96. The molecule has 2 rings (SSSR count). The van der Waals surface area contributed by atoms with Crippen molar-refractivity contribution in [3.63, 3.8) is 0 Å². The highest BCUT2D eigenvalue weighted by Crippen LogP contribution is 2.21. The second-order valence-corrected chi connectivity index (χ2v) is 5.96. The highest BCUT2D eigenvalue weighted by Gasteiger charge is 2.28. The van der Waals surface area contributed by atoms with Gasteiger partial charge in [0, 0.05) is 44.2 Å². The topological polar surface area (TPSA) is 55.3 Å². The van der Waals surface area contributed by atoms with E-state index in [9.17, 15) is 4.79 Å². The van der Waals surface area contributed by atoms with E-state index in [1.54, 1.807) is 18.6 Å². The molecule has 1 aromatic rings. The summed E-state index contributed by atoms with van der Waals surface area (Å²) in [6.07, 6.45) is 10.9. The maximum absolute atomic E-state index is 12.6. The number of rotatable bonds is 7. The van der Waals surface area contributed by atoms with Gasteiger partial charge in [0.25, 0.3) is 0 Å². The predicted molar refractivity (Wildman–Crippen MR) is 85.6 cm³/mol. The number of piperidine rings is 1. The zero-order chi connectivity index (χ0) is 15.8. The fourth-order valence-corrected chi connectivity index (χ4v) is 3.06. The lowest BCUT2D eigenvalue weighted by Gasteiger charge is -2.34. The Labute approximate surface area is 133 Å². The molecule has 1 aromatic heterocycles. The van der Waals surface area contributed by atoms with Crippen LogP contribution in [0.15, 0.2) is 18.6 Å². The van der Waals surface area contributed by atoms with Crippen LogP contribution in [0.4, 0.5) is 0 Å². The van der Waals surface area contributed by atoms with E-state index in [-0.39, 0.29) is 12.0 Å². The zero-order valence-electron chi connectivity index (χ0n) is 13.7. The molecular formula is C17H27N3O2. The van der Waals surface area contributed by atoms with Gasteiger partial charge in [0.2, 0.25) is 11.8 Å².